The summed E-state index contributed by atoms with van der Waals surface area (Å²) >= 11 is 0. The van der Waals surface area contributed by atoms with E-state index in [1.165, 1.54) is 0 Å². The van der Waals surface area contributed by atoms with Crippen LogP contribution in [-0.4, -0.2) is 38.6 Å². The third kappa shape index (κ3) is 6.31. The third-order valence-electron chi connectivity index (χ3n) is 8.81. The Balaban J connectivity index is 1.55. The van der Waals surface area contributed by atoms with Gasteiger partial charge in [0, 0.05) is 25.2 Å². The average molecular weight is 524 g/mol. The number of benzene rings is 1. The van der Waals surface area contributed by atoms with Gasteiger partial charge in [-0.15, -0.1) is 0 Å². The minimum absolute atomic E-state index is 0.00723. The van der Waals surface area contributed by atoms with E-state index in [-0.39, 0.29) is 40.7 Å². The Kier molecular flexibility index (Phi) is 8.65. The molecule has 1 N–H and O–H groups in total. The molecular weight excluding hydrogens is 478 g/mol. The lowest BCUT2D eigenvalue weighted by atomic mass is 9.90. The number of aromatic nitrogens is 2. The zero-order valence-electron chi connectivity index (χ0n) is 24.0. The number of rotatable bonds is 6. The van der Waals surface area contributed by atoms with Crippen molar-refractivity contribution in [3.05, 3.63) is 56.9 Å². The quantitative estimate of drug-likeness (QED) is 0.514. The summed E-state index contributed by atoms with van der Waals surface area (Å²) < 4.78 is 8.12. The maximum atomic E-state index is 13.9. The molecule has 1 amide bonds. The number of nitrogens with one attached hydrogen (secondary N) is 1. The van der Waals surface area contributed by atoms with Crippen molar-refractivity contribution in [3.8, 4) is 0 Å². The minimum Gasteiger partial charge on any atom is -0.368 e. The Labute approximate surface area is 226 Å². The van der Waals surface area contributed by atoms with Crippen LogP contribution in [0.25, 0.3) is 10.9 Å². The second-order valence-corrected chi connectivity index (χ2v) is 12.4. The normalized spacial score (nSPS) is 26.8. The van der Waals surface area contributed by atoms with Gasteiger partial charge in [0.15, 0.2) is 0 Å². The first-order valence-corrected chi connectivity index (χ1v) is 14.4. The lowest BCUT2D eigenvalue weighted by molar-refractivity contribution is -0.134. The molecule has 5 unspecified atom stereocenters. The van der Waals surface area contributed by atoms with Crippen LogP contribution < -0.4 is 11.2 Å². The Morgan fingerprint density at radius 3 is 2.63 bits per heavy atom. The van der Waals surface area contributed by atoms with Crippen molar-refractivity contribution in [3.63, 3.8) is 0 Å². The maximum absolute atomic E-state index is 13.9. The number of fused-ring (bicyclic) bond motifs is 1. The monoisotopic (exact) mass is 523 g/mol. The molecule has 1 saturated carbocycles. The molecular formula is C31H45N3O4. The number of carbonyl (C=O) groups excluding carboxylic acids is 1. The predicted molar refractivity (Wildman–Crippen MR) is 152 cm³/mol. The van der Waals surface area contributed by atoms with Crippen molar-refractivity contribution in [1.82, 2.24) is 14.5 Å². The van der Waals surface area contributed by atoms with Crippen molar-refractivity contribution in [2.24, 2.45) is 23.7 Å². The van der Waals surface area contributed by atoms with Crippen LogP contribution in [0.1, 0.15) is 78.7 Å². The van der Waals surface area contributed by atoms with Gasteiger partial charge >= 0.3 is 5.69 Å². The fraction of sp³-hybridized carbons (Fsp3) is 0.645. The lowest BCUT2D eigenvalue weighted by Gasteiger charge is -2.31. The van der Waals surface area contributed by atoms with Gasteiger partial charge < -0.3 is 9.64 Å². The van der Waals surface area contributed by atoms with E-state index in [0.29, 0.717) is 35.8 Å². The third-order valence-corrected chi connectivity index (χ3v) is 8.81. The van der Waals surface area contributed by atoms with Crippen molar-refractivity contribution in [2.75, 3.05) is 6.54 Å². The molecule has 1 aliphatic heterocycles. The highest BCUT2D eigenvalue weighted by Gasteiger charge is 2.33. The molecule has 0 bridgehead atoms. The number of amides is 1. The zero-order valence-corrected chi connectivity index (χ0v) is 24.0. The van der Waals surface area contributed by atoms with Crippen LogP contribution in [0, 0.1) is 30.6 Å². The van der Waals surface area contributed by atoms with E-state index in [1.54, 1.807) is 10.6 Å². The maximum Gasteiger partial charge on any atom is 0.328 e. The second-order valence-electron chi connectivity index (χ2n) is 12.4. The van der Waals surface area contributed by atoms with Crippen LogP contribution in [0.3, 0.4) is 0 Å². The number of H-pyrrole nitrogens is 1. The van der Waals surface area contributed by atoms with E-state index in [1.807, 2.05) is 30.2 Å². The zero-order chi connectivity index (χ0) is 27.6. The molecule has 1 aromatic heterocycles. The van der Waals surface area contributed by atoms with E-state index >= 15 is 0 Å². The number of ether oxygens (including phenoxy) is 1. The van der Waals surface area contributed by atoms with Gasteiger partial charge in [-0.1, -0.05) is 39.3 Å². The smallest absolute Gasteiger partial charge is 0.328 e. The first-order chi connectivity index (χ1) is 18.0. The first kappa shape index (κ1) is 28.3. The summed E-state index contributed by atoms with van der Waals surface area (Å²) in [6, 6.07) is 5.55. The average Bonchev–Trinajstić information content (AvgIpc) is 3.17. The number of hydrogen-bond acceptors (Lipinski definition) is 4. The number of carbonyl (C=O) groups is 1. The Morgan fingerprint density at radius 1 is 1.13 bits per heavy atom. The molecule has 38 heavy (non-hydrogen) atoms. The molecule has 2 aromatic rings. The van der Waals surface area contributed by atoms with Gasteiger partial charge in [-0.2, -0.15) is 0 Å². The Morgan fingerprint density at radius 2 is 1.89 bits per heavy atom. The molecule has 0 radical (unpaired) electrons. The predicted octanol–water partition coefficient (Wildman–Crippen LogP) is 5.40. The summed E-state index contributed by atoms with van der Waals surface area (Å²) in [5.74, 6) is 1.04. The van der Waals surface area contributed by atoms with Gasteiger partial charge in [0.05, 0.1) is 22.6 Å². The molecule has 5 atom stereocenters. The Bertz CT molecular complexity index is 1290. The molecule has 1 aromatic carbocycles. The number of hydrogen-bond donors (Lipinski definition) is 1. The number of nitrogens with zero attached hydrogens (tertiary/aromatic N) is 2. The first-order valence-electron chi connectivity index (χ1n) is 14.4. The highest BCUT2D eigenvalue weighted by molar-refractivity contribution is 5.81. The van der Waals surface area contributed by atoms with Crippen LogP contribution in [0.4, 0.5) is 0 Å². The van der Waals surface area contributed by atoms with Gasteiger partial charge in [-0.05, 0) is 88.3 Å². The van der Waals surface area contributed by atoms with E-state index in [9.17, 15) is 14.4 Å². The van der Waals surface area contributed by atoms with Crippen LogP contribution in [0.2, 0.25) is 0 Å². The summed E-state index contributed by atoms with van der Waals surface area (Å²) in [4.78, 5) is 43.6. The van der Waals surface area contributed by atoms with Gasteiger partial charge in [-0.25, -0.2) is 4.79 Å². The van der Waals surface area contributed by atoms with Crippen LogP contribution >= 0.6 is 0 Å². The van der Waals surface area contributed by atoms with E-state index in [0.717, 1.165) is 44.1 Å². The standard InChI is InChI=1S/C31H45N3O4/c1-7-31(5,6)38-26-14-16-33(15-13-21(26)3)29(36)24-17-20(2)11-12-23(18-24)19-34-27-22(4)9-8-10-25(27)28(35)32-30(34)37/h8-10,14,16,20-21,23-24,26H,7,11-13,15,17-19H2,1-6H3,(H,32,35,37). The summed E-state index contributed by atoms with van der Waals surface area (Å²) in [7, 11) is 0. The fourth-order valence-electron chi connectivity index (χ4n) is 6.06. The topological polar surface area (TPSA) is 84.4 Å². The van der Waals surface area contributed by atoms with Gasteiger partial charge in [0.1, 0.15) is 0 Å². The largest absolute Gasteiger partial charge is 0.368 e. The Hall–Kier alpha value is -2.67. The second kappa shape index (κ2) is 11.6. The van der Waals surface area contributed by atoms with Gasteiger partial charge in [0.25, 0.3) is 5.56 Å². The number of aryl methyl sites for hydroxylation is 1. The molecule has 0 saturated heterocycles. The molecule has 1 aliphatic carbocycles. The molecule has 208 valence electrons. The van der Waals surface area contributed by atoms with Crippen molar-refractivity contribution >= 4 is 16.8 Å². The van der Waals surface area contributed by atoms with Crippen LogP contribution in [-0.2, 0) is 16.1 Å². The van der Waals surface area contributed by atoms with Crippen LogP contribution in [0.15, 0.2) is 40.1 Å². The number of aromatic amines is 1. The highest BCUT2D eigenvalue weighted by atomic mass is 16.5. The van der Waals surface area contributed by atoms with Gasteiger partial charge in [-0.3, -0.25) is 19.1 Å². The van der Waals surface area contributed by atoms with E-state index in [4.69, 9.17) is 4.74 Å². The molecule has 7 heteroatoms. The van der Waals surface area contributed by atoms with Crippen molar-refractivity contribution in [1.29, 1.82) is 0 Å². The summed E-state index contributed by atoms with van der Waals surface area (Å²) in [5.41, 5.74) is 0.690. The number of para-hydroxylation sites is 1. The molecule has 0 spiro atoms. The molecule has 7 nitrogen and oxygen atoms in total. The SMILES string of the molecule is CCC(C)(C)OC1C=CN(C(=O)C2CC(C)CCC(Cn3c(=O)[nH]c(=O)c4cccc(C)c43)C2)CCC1C. The molecule has 2 heterocycles. The van der Waals surface area contributed by atoms with E-state index < -0.39 is 0 Å². The fourth-order valence-corrected chi connectivity index (χ4v) is 6.06. The summed E-state index contributed by atoms with van der Waals surface area (Å²) in [5, 5.41) is 0.533. The molecule has 2 aliphatic rings. The molecule has 1 fully saturated rings. The minimum atomic E-state index is -0.373. The van der Waals surface area contributed by atoms with E-state index in [2.05, 4.69) is 45.7 Å². The van der Waals surface area contributed by atoms with Crippen LogP contribution in [0.5, 0.6) is 0 Å². The molecule has 4 rings (SSSR count). The van der Waals surface area contributed by atoms with Crippen molar-refractivity contribution in [2.45, 2.75) is 98.3 Å². The lowest BCUT2D eigenvalue weighted by Crippen LogP contribution is -2.36. The summed E-state index contributed by atoms with van der Waals surface area (Å²) in [6.45, 7) is 13.9. The van der Waals surface area contributed by atoms with Gasteiger partial charge in [0.2, 0.25) is 5.91 Å². The van der Waals surface area contributed by atoms with Crippen molar-refractivity contribution < 1.29 is 9.53 Å². The highest BCUT2D eigenvalue weighted by Crippen LogP contribution is 2.34. The summed E-state index contributed by atoms with van der Waals surface area (Å²) in [6.07, 6.45) is 9.43.